The predicted molar refractivity (Wildman–Crippen MR) is 136 cm³/mol. The fourth-order valence-electron chi connectivity index (χ4n) is 4.49. The average molecular weight is 490 g/mol. The van der Waals surface area contributed by atoms with E-state index in [0.29, 0.717) is 24.3 Å². The summed E-state index contributed by atoms with van der Waals surface area (Å²) in [5, 5.41) is 7.23. The number of benzene rings is 2. The van der Waals surface area contributed by atoms with Gasteiger partial charge in [0, 0.05) is 29.4 Å². The van der Waals surface area contributed by atoms with Gasteiger partial charge in [0.1, 0.15) is 18.5 Å². The van der Waals surface area contributed by atoms with E-state index in [-0.39, 0.29) is 29.9 Å². The Bertz CT molecular complexity index is 1140. The number of carbonyl (C=O) groups is 2. The molecule has 1 aliphatic rings. The van der Waals surface area contributed by atoms with E-state index in [0.717, 1.165) is 36.5 Å². The number of rotatable bonds is 9. The molecule has 0 radical (unpaired) electrons. The van der Waals surface area contributed by atoms with Gasteiger partial charge < -0.3 is 20.1 Å². The van der Waals surface area contributed by atoms with Gasteiger partial charge in [-0.05, 0) is 81.6 Å². The Morgan fingerprint density at radius 1 is 0.806 bits per heavy atom. The molecule has 2 N–H and O–H groups in total. The van der Waals surface area contributed by atoms with Gasteiger partial charge in [0.2, 0.25) is 0 Å². The molecule has 2 aromatic carbocycles. The number of carbonyl (C=O) groups excluding carboxylic acids is 2. The molecular weight excluding hydrogens is 458 g/mol. The third kappa shape index (κ3) is 6.35. The van der Waals surface area contributed by atoms with E-state index in [1.807, 2.05) is 24.3 Å². The SMILES string of the molecule is CCOC(=O)c1ccc(NC2CCC(c3ncncn3)C(Nc3ccc(C(=O)OCC)cc3)C2)cc1. The Kier molecular flexibility index (Phi) is 8.44. The standard InChI is InChI=1S/C27H31N5O4/c1-3-35-26(33)18-5-9-20(10-6-18)31-22-13-14-23(25-29-16-28-17-30-25)24(15-22)32-21-11-7-19(8-12-21)27(34)36-4-2/h5-12,16-17,22-24,31-32H,3-4,13-15H2,1-2H3. The summed E-state index contributed by atoms with van der Waals surface area (Å²) < 4.78 is 10.1. The monoisotopic (exact) mass is 489 g/mol. The van der Waals surface area contributed by atoms with Crippen molar-refractivity contribution in [2.24, 2.45) is 0 Å². The van der Waals surface area contributed by atoms with Gasteiger partial charge in [0.15, 0.2) is 0 Å². The van der Waals surface area contributed by atoms with E-state index in [1.165, 1.54) is 12.7 Å². The topological polar surface area (TPSA) is 115 Å². The second kappa shape index (κ2) is 12.1. The lowest BCUT2D eigenvalue weighted by Gasteiger charge is -2.37. The number of hydrogen-bond donors (Lipinski definition) is 2. The van der Waals surface area contributed by atoms with Gasteiger partial charge in [-0.25, -0.2) is 24.5 Å². The van der Waals surface area contributed by atoms with Crippen molar-refractivity contribution in [3.8, 4) is 0 Å². The molecule has 188 valence electrons. The first-order valence-electron chi connectivity index (χ1n) is 12.3. The lowest BCUT2D eigenvalue weighted by atomic mass is 9.80. The van der Waals surface area contributed by atoms with E-state index in [4.69, 9.17) is 9.47 Å². The molecule has 0 amide bonds. The number of aromatic nitrogens is 3. The molecule has 9 heteroatoms. The second-order valence-electron chi connectivity index (χ2n) is 8.60. The fourth-order valence-corrected chi connectivity index (χ4v) is 4.49. The van der Waals surface area contributed by atoms with Crippen molar-refractivity contribution in [3.63, 3.8) is 0 Å². The van der Waals surface area contributed by atoms with Crippen LogP contribution in [0.15, 0.2) is 61.2 Å². The van der Waals surface area contributed by atoms with Crippen molar-refractivity contribution in [1.82, 2.24) is 15.0 Å². The zero-order valence-corrected chi connectivity index (χ0v) is 20.5. The van der Waals surface area contributed by atoms with Crippen LogP contribution in [-0.4, -0.2) is 52.2 Å². The molecule has 36 heavy (non-hydrogen) atoms. The van der Waals surface area contributed by atoms with Gasteiger partial charge in [-0.3, -0.25) is 0 Å². The zero-order chi connectivity index (χ0) is 25.3. The summed E-state index contributed by atoms with van der Waals surface area (Å²) in [6.45, 7) is 4.27. The highest BCUT2D eigenvalue weighted by Crippen LogP contribution is 2.34. The number of ether oxygens (including phenoxy) is 2. The van der Waals surface area contributed by atoms with Gasteiger partial charge in [0.05, 0.1) is 24.3 Å². The summed E-state index contributed by atoms with van der Waals surface area (Å²) in [5.74, 6) is 0.230. The van der Waals surface area contributed by atoms with E-state index in [1.54, 1.807) is 38.1 Å². The maximum Gasteiger partial charge on any atom is 0.338 e. The third-order valence-electron chi connectivity index (χ3n) is 6.21. The zero-order valence-electron chi connectivity index (χ0n) is 20.5. The molecule has 3 aromatic rings. The molecule has 1 saturated carbocycles. The molecule has 9 nitrogen and oxygen atoms in total. The molecule has 0 saturated heterocycles. The summed E-state index contributed by atoms with van der Waals surface area (Å²) in [7, 11) is 0. The van der Waals surface area contributed by atoms with Crippen LogP contribution in [0.2, 0.25) is 0 Å². The Labute approximate surface area is 210 Å². The van der Waals surface area contributed by atoms with Gasteiger partial charge in [-0.1, -0.05) is 0 Å². The molecule has 0 bridgehead atoms. The first kappa shape index (κ1) is 25.1. The Morgan fingerprint density at radius 2 is 1.33 bits per heavy atom. The fraction of sp³-hybridized carbons (Fsp3) is 0.370. The van der Waals surface area contributed by atoms with Crippen molar-refractivity contribution >= 4 is 23.3 Å². The van der Waals surface area contributed by atoms with Crippen LogP contribution >= 0.6 is 0 Å². The molecule has 0 spiro atoms. The van der Waals surface area contributed by atoms with Crippen molar-refractivity contribution in [1.29, 1.82) is 0 Å². The first-order chi connectivity index (χ1) is 17.6. The van der Waals surface area contributed by atoms with Crippen LogP contribution in [0.25, 0.3) is 0 Å². The van der Waals surface area contributed by atoms with Crippen LogP contribution < -0.4 is 10.6 Å². The number of anilines is 2. The van der Waals surface area contributed by atoms with Crippen LogP contribution in [-0.2, 0) is 9.47 Å². The predicted octanol–water partition coefficient (Wildman–Crippen LogP) is 4.45. The summed E-state index contributed by atoms with van der Waals surface area (Å²) in [4.78, 5) is 36.7. The molecule has 4 rings (SSSR count). The molecule has 1 aliphatic carbocycles. The molecule has 0 aliphatic heterocycles. The van der Waals surface area contributed by atoms with Crippen LogP contribution in [0.3, 0.4) is 0 Å². The third-order valence-corrected chi connectivity index (χ3v) is 6.21. The van der Waals surface area contributed by atoms with Crippen LogP contribution in [0.1, 0.15) is 65.6 Å². The van der Waals surface area contributed by atoms with Crippen LogP contribution in [0.5, 0.6) is 0 Å². The molecule has 1 fully saturated rings. The van der Waals surface area contributed by atoms with Gasteiger partial charge in [-0.15, -0.1) is 0 Å². The highest BCUT2D eigenvalue weighted by atomic mass is 16.5. The molecule has 1 aromatic heterocycles. The smallest absolute Gasteiger partial charge is 0.338 e. The highest BCUT2D eigenvalue weighted by Gasteiger charge is 2.33. The number of nitrogens with zero attached hydrogens (tertiary/aromatic N) is 3. The maximum atomic E-state index is 12.0. The van der Waals surface area contributed by atoms with Crippen LogP contribution in [0, 0.1) is 0 Å². The Hall–Kier alpha value is -4.01. The van der Waals surface area contributed by atoms with Crippen molar-refractivity contribution in [3.05, 3.63) is 78.1 Å². The van der Waals surface area contributed by atoms with Gasteiger partial charge >= 0.3 is 11.9 Å². The minimum atomic E-state index is -0.331. The summed E-state index contributed by atoms with van der Waals surface area (Å²) in [5.41, 5.74) is 2.91. The molecule has 3 atom stereocenters. The van der Waals surface area contributed by atoms with E-state index >= 15 is 0 Å². The second-order valence-corrected chi connectivity index (χ2v) is 8.60. The van der Waals surface area contributed by atoms with Gasteiger partial charge in [0.25, 0.3) is 0 Å². The van der Waals surface area contributed by atoms with E-state index < -0.39 is 0 Å². The normalized spacial score (nSPS) is 19.2. The minimum absolute atomic E-state index is 0.0610. The molecule has 3 unspecified atom stereocenters. The first-order valence-corrected chi connectivity index (χ1v) is 12.3. The van der Waals surface area contributed by atoms with E-state index in [2.05, 4.69) is 25.6 Å². The van der Waals surface area contributed by atoms with Gasteiger partial charge in [-0.2, -0.15) is 0 Å². The minimum Gasteiger partial charge on any atom is -0.462 e. The number of hydrogen-bond acceptors (Lipinski definition) is 9. The Balaban J connectivity index is 1.46. The Morgan fingerprint density at radius 3 is 1.86 bits per heavy atom. The van der Waals surface area contributed by atoms with E-state index in [9.17, 15) is 9.59 Å². The van der Waals surface area contributed by atoms with Crippen molar-refractivity contribution < 1.29 is 19.1 Å². The largest absolute Gasteiger partial charge is 0.462 e. The van der Waals surface area contributed by atoms with Crippen molar-refractivity contribution in [2.45, 2.75) is 51.1 Å². The highest BCUT2D eigenvalue weighted by molar-refractivity contribution is 5.90. The van der Waals surface area contributed by atoms with Crippen molar-refractivity contribution in [2.75, 3.05) is 23.8 Å². The number of esters is 2. The van der Waals surface area contributed by atoms with Crippen LogP contribution in [0.4, 0.5) is 11.4 Å². The molecular formula is C27H31N5O4. The lowest BCUT2D eigenvalue weighted by Crippen LogP contribution is -2.40. The average Bonchev–Trinajstić information content (AvgIpc) is 2.90. The quantitative estimate of drug-likeness (QED) is 0.421. The summed E-state index contributed by atoms with van der Waals surface area (Å²) in [6, 6.07) is 14.9. The lowest BCUT2D eigenvalue weighted by molar-refractivity contribution is 0.0517. The summed E-state index contributed by atoms with van der Waals surface area (Å²) in [6.07, 6.45) is 5.72. The summed E-state index contributed by atoms with van der Waals surface area (Å²) >= 11 is 0. The number of nitrogens with one attached hydrogen (secondary N) is 2. The maximum absolute atomic E-state index is 12.0. The molecule has 1 heterocycles.